The number of hydrogen-bond donors (Lipinski definition) is 1. The zero-order chi connectivity index (χ0) is 13.5. The number of piperidine rings is 1. The summed E-state index contributed by atoms with van der Waals surface area (Å²) in [7, 11) is 4.00. The van der Waals surface area contributed by atoms with Crippen molar-refractivity contribution in [3.8, 4) is 0 Å². The molecular weight excluding hydrogens is 236 g/mol. The van der Waals surface area contributed by atoms with E-state index in [2.05, 4.69) is 41.5 Å². The topological polar surface area (TPSA) is 24.5 Å². The number of likely N-dealkylation sites (N-methyl/N-ethyl adjacent to an activating group) is 1. The Morgan fingerprint density at radius 1 is 1.32 bits per heavy atom. The summed E-state index contributed by atoms with van der Waals surface area (Å²) in [6.07, 6.45) is 4.99. The Morgan fingerprint density at radius 2 is 2.16 bits per heavy atom. The monoisotopic (exact) mass is 262 g/mol. The van der Waals surface area contributed by atoms with Gasteiger partial charge in [0.15, 0.2) is 0 Å². The fourth-order valence-corrected chi connectivity index (χ4v) is 2.75. The van der Waals surface area contributed by atoms with Crippen molar-refractivity contribution in [2.45, 2.75) is 31.7 Å². The van der Waals surface area contributed by atoms with Crippen LogP contribution >= 0.6 is 0 Å². The number of likely N-dealkylation sites (tertiary alicyclic amines) is 1. The summed E-state index contributed by atoms with van der Waals surface area (Å²) in [6.45, 7) is 3.06. The first kappa shape index (κ1) is 14.4. The van der Waals surface area contributed by atoms with Gasteiger partial charge < -0.3 is 15.0 Å². The number of para-hydroxylation sites is 1. The maximum atomic E-state index is 5.18. The van der Waals surface area contributed by atoms with Gasteiger partial charge in [0, 0.05) is 25.4 Å². The average molecular weight is 262 g/mol. The molecule has 1 heterocycles. The molecule has 0 saturated carbocycles. The van der Waals surface area contributed by atoms with E-state index in [0.29, 0.717) is 6.04 Å². The number of nitrogens with one attached hydrogen (secondary N) is 1. The summed E-state index contributed by atoms with van der Waals surface area (Å²) in [5, 5.41) is 3.63. The normalized spacial score (nSPS) is 20.4. The van der Waals surface area contributed by atoms with E-state index < -0.39 is 0 Å². The molecule has 1 atom stereocenters. The quantitative estimate of drug-likeness (QED) is 0.853. The summed E-state index contributed by atoms with van der Waals surface area (Å²) in [5.74, 6) is 0. The number of hydrogen-bond acceptors (Lipinski definition) is 3. The van der Waals surface area contributed by atoms with Crippen LogP contribution in [0.2, 0.25) is 0 Å². The van der Waals surface area contributed by atoms with Gasteiger partial charge in [0.1, 0.15) is 0 Å². The van der Waals surface area contributed by atoms with Gasteiger partial charge in [-0.25, -0.2) is 0 Å². The molecule has 1 saturated heterocycles. The minimum Gasteiger partial charge on any atom is -0.384 e. The molecule has 0 bridgehead atoms. The maximum Gasteiger partial charge on any atom is 0.0503 e. The van der Waals surface area contributed by atoms with Crippen LogP contribution in [0.25, 0.3) is 0 Å². The summed E-state index contributed by atoms with van der Waals surface area (Å²) in [4.78, 5) is 2.48. The number of anilines is 1. The second kappa shape index (κ2) is 7.51. The van der Waals surface area contributed by atoms with Crippen molar-refractivity contribution in [2.24, 2.45) is 0 Å². The van der Waals surface area contributed by atoms with Crippen molar-refractivity contribution in [3.05, 3.63) is 29.8 Å². The van der Waals surface area contributed by atoms with Crippen LogP contribution in [0.15, 0.2) is 24.3 Å². The van der Waals surface area contributed by atoms with Gasteiger partial charge in [0.25, 0.3) is 0 Å². The maximum absolute atomic E-state index is 5.18. The highest BCUT2D eigenvalue weighted by Gasteiger charge is 2.18. The van der Waals surface area contributed by atoms with E-state index in [1.54, 1.807) is 7.11 Å². The van der Waals surface area contributed by atoms with E-state index in [4.69, 9.17) is 4.74 Å². The SMILES string of the molecule is COCCc1ccccc1NCC1CCCCN1C. The average Bonchev–Trinajstić information content (AvgIpc) is 2.45. The Labute approximate surface area is 116 Å². The zero-order valence-electron chi connectivity index (χ0n) is 12.2. The van der Waals surface area contributed by atoms with E-state index in [0.717, 1.165) is 19.6 Å². The van der Waals surface area contributed by atoms with Crippen LogP contribution < -0.4 is 5.32 Å². The molecule has 0 spiro atoms. The minimum atomic E-state index is 0.671. The van der Waals surface area contributed by atoms with Crippen molar-refractivity contribution in [2.75, 3.05) is 39.2 Å². The van der Waals surface area contributed by atoms with Crippen LogP contribution in [0.3, 0.4) is 0 Å². The third-order valence-electron chi connectivity index (χ3n) is 4.04. The molecule has 1 aromatic carbocycles. The molecule has 0 radical (unpaired) electrons. The molecule has 3 nitrogen and oxygen atoms in total. The van der Waals surface area contributed by atoms with Gasteiger partial charge >= 0.3 is 0 Å². The first-order valence-corrected chi connectivity index (χ1v) is 7.32. The lowest BCUT2D eigenvalue weighted by atomic mass is 10.0. The molecule has 0 amide bonds. The van der Waals surface area contributed by atoms with E-state index in [-0.39, 0.29) is 0 Å². The fourth-order valence-electron chi connectivity index (χ4n) is 2.75. The fraction of sp³-hybridized carbons (Fsp3) is 0.625. The van der Waals surface area contributed by atoms with Gasteiger partial charge in [-0.2, -0.15) is 0 Å². The highest BCUT2D eigenvalue weighted by Crippen LogP contribution is 2.19. The molecule has 1 fully saturated rings. The lowest BCUT2D eigenvalue weighted by molar-refractivity contribution is 0.194. The van der Waals surface area contributed by atoms with Crippen molar-refractivity contribution in [1.29, 1.82) is 0 Å². The van der Waals surface area contributed by atoms with Crippen molar-refractivity contribution in [3.63, 3.8) is 0 Å². The second-order valence-electron chi connectivity index (χ2n) is 5.41. The van der Waals surface area contributed by atoms with Crippen LogP contribution in [-0.2, 0) is 11.2 Å². The molecular formula is C16H26N2O. The molecule has 0 aromatic heterocycles. The standard InChI is InChI=1S/C16H26N2O/c1-18-11-6-5-8-15(18)13-17-16-9-4-3-7-14(16)10-12-19-2/h3-4,7,9,15,17H,5-6,8,10-13H2,1-2H3. The number of benzene rings is 1. The molecule has 19 heavy (non-hydrogen) atoms. The summed E-state index contributed by atoms with van der Waals surface area (Å²) in [6, 6.07) is 9.23. The molecule has 1 aromatic rings. The molecule has 2 rings (SSSR count). The zero-order valence-corrected chi connectivity index (χ0v) is 12.2. The van der Waals surface area contributed by atoms with E-state index in [1.165, 1.54) is 37.1 Å². The smallest absolute Gasteiger partial charge is 0.0503 e. The van der Waals surface area contributed by atoms with E-state index in [9.17, 15) is 0 Å². The number of rotatable bonds is 6. The number of nitrogens with zero attached hydrogens (tertiary/aromatic N) is 1. The van der Waals surface area contributed by atoms with Crippen LogP contribution in [0.1, 0.15) is 24.8 Å². The van der Waals surface area contributed by atoms with Gasteiger partial charge in [0.05, 0.1) is 6.61 Å². The Morgan fingerprint density at radius 3 is 2.95 bits per heavy atom. The van der Waals surface area contributed by atoms with Crippen molar-refractivity contribution >= 4 is 5.69 Å². The van der Waals surface area contributed by atoms with Gasteiger partial charge in [-0.15, -0.1) is 0 Å². The molecule has 0 aliphatic carbocycles. The van der Waals surface area contributed by atoms with Crippen LogP contribution in [0, 0.1) is 0 Å². The Kier molecular flexibility index (Phi) is 5.67. The first-order valence-electron chi connectivity index (χ1n) is 7.32. The summed E-state index contributed by atoms with van der Waals surface area (Å²) in [5.41, 5.74) is 2.61. The first-order chi connectivity index (χ1) is 9.31. The Hall–Kier alpha value is -1.06. The van der Waals surface area contributed by atoms with Crippen LogP contribution in [0.4, 0.5) is 5.69 Å². The largest absolute Gasteiger partial charge is 0.384 e. The number of methoxy groups -OCH3 is 1. The van der Waals surface area contributed by atoms with Gasteiger partial charge in [0.2, 0.25) is 0 Å². The van der Waals surface area contributed by atoms with Gasteiger partial charge in [-0.3, -0.25) is 0 Å². The molecule has 1 aliphatic rings. The van der Waals surface area contributed by atoms with E-state index >= 15 is 0 Å². The molecule has 1 N–H and O–H groups in total. The predicted octanol–water partition coefficient (Wildman–Crippen LogP) is 2.77. The lowest BCUT2D eigenvalue weighted by Crippen LogP contribution is -2.40. The van der Waals surface area contributed by atoms with Gasteiger partial charge in [-0.1, -0.05) is 24.6 Å². The Balaban J connectivity index is 1.91. The highest BCUT2D eigenvalue weighted by molar-refractivity contribution is 5.51. The van der Waals surface area contributed by atoms with Crippen molar-refractivity contribution in [1.82, 2.24) is 4.90 Å². The molecule has 1 unspecified atom stereocenters. The lowest BCUT2D eigenvalue weighted by Gasteiger charge is -2.33. The summed E-state index contributed by atoms with van der Waals surface area (Å²) < 4.78 is 5.18. The molecule has 3 heteroatoms. The third kappa shape index (κ3) is 4.22. The number of ether oxygens (including phenoxy) is 1. The van der Waals surface area contributed by atoms with Crippen LogP contribution in [0.5, 0.6) is 0 Å². The molecule has 106 valence electrons. The second-order valence-corrected chi connectivity index (χ2v) is 5.41. The minimum absolute atomic E-state index is 0.671. The third-order valence-corrected chi connectivity index (χ3v) is 4.04. The van der Waals surface area contributed by atoms with E-state index in [1.807, 2.05) is 0 Å². The van der Waals surface area contributed by atoms with Crippen LogP contribution in [-0.4, -0.2) is 44.8 Å². The summed E-state index contributed by atoms with van der Waals surface area (Å²) >= 11 is 0. The molecule has 1 aliphatic heterocycles. The van der Waals surface area contributed by atoms with Gasteiger partial charge in [-0.05, 0) is 44.5 Å². The Bertz CT molecular complexity index is 381. The highest BCUT2D eigenvalue weighted by atomic mass is 16.5. The van der Waals surface area contributed by atoms with Crippen molar-refractivity contribution < 1.29 is 4.74 Å². The predicted molar refractivity (Wildman–Crippen MR) is 80.8 cm³/mol.